The summed E-state index contributed by atoms with van der Waals surface area (Å²) in [6.07, 6.45) is 1.49. The van der Waals surface area contributed by atoms with E-state index < -0.39 is 5.54 Å². The van der Waals surface area contributed by atoms with Gasteiger partial charge in [0, 0.05) is 6.42 Å². The minimum atomic E-state index is -0.629. The maximum absolute atomic E-state index is 10.9. The fourth-order valence-electron chi connectivity index (χ4n) is 0.549. The van der Waals surface area contributed by atoms with Crippen LogP contribution in [-0.2, 0) is 4.79 Å². The smallest absolute Gasteiger partial charge is 0.152 e. The first-order valence-corrected chi connectivity index (χ1v) is 3.30. The van der Waals surface area contributed by atoms with Gasteiger partial charge in [-0.15, -0.1) is 0 Å². The average molecular weight is 129 g/mol. The Hall–Kier alpha value is -0.370. The summed E-state index contributed by atoms with van der Waals surface area (Å²) in [7, 11) is 0. The number of rotatable bonds is 3. The first-order chi connectivity index (χ1) is 3.98. The second-order valence-corrected chi connectivity index (χ2v) is 2.89. The fourth-order valence-corrected chi connectivity index (χ4v) is 0.549. The number of nitrogens with two attached hydrogens (primary N) is 1. The molecule has 0 saturated carbocycles. The molecule has 2 heteroatoms. The first-order valence-electron chi connectivity index (χ1n) is 3.30. The van der Waals surface area contributed by atoms with Crippen LogP contribution < -0.4 is 5.73 Å². The maximum Gasteiger partial charge on any atom is 0.152 e. The van der Waals surface area contributed by atoms with Gasteiger partial charge in [-0.05, 0) is 20.3 Å². The van der Waals surface area contributed by atoms with Crippen LogP contribution in [0.5, 0.6) is 0 Å². The van der Waals surface area contributed by atoms with E-state index in [1.54, 1.807) is 13.8 Å². The molecule has 0 unspecified atom stereocenters. The van der Waals surface area contributed by atoms with Crippen molar-refractivity contribution in [2.24, 2.45) is 5.73 Å². The van der Waals surface area contributed by atoms with Crippen LogP contribution in [-0.4, -0.2) is 11.3 Å². The first kappa shape index (κ1) is 8.63. The molecule has 0 aliphatic carbocycles. The molecule has 9 heavy (non-hydrogen) atoms. The van der Waals surface area contributed by atoms with E-state index in [-0.39, 0.29) is 5.78 Å². The molecule has 2 N–H and O–H groups in total. The van der Waals surface area contributed by atoms with Crippen LogP contribution in [0.3, 0.4) is 0 Å². The average Bonchev–Trinajstić information content (AvgIpc) is 1.64. The minimum absolute atomic E-state index is 0.144. The Morgan fingerprint density at radius 3 is 2.11 bits per heavy atom. The van der Waals surface area contributed by atoms with E-state index in [4.69, 9.17) is 5.73 Å². The van der Waals surface area contributed by atoms with Crippen LogP contribution in [0.4, 0.5) is 0 Å². The van der Waals surface area contributed by atoms with Gasteiger partial charge in [-0.25, -0.2) is 0 Å². The van der Waals surface area contributed by atoms with E-state index in [1.165, 1.54) is 0 Å². The summed E-state index contributed by atoms with van der Waals surface area (Å²) >= 11 is 0. The molecule has 0 aromatic rings. The maximum atomic E-state index is 10.9. The summed E-state index contributed by atoms with van der Waals surface area (Å²) in [4.78, 5) is 10.9. The molecule has 0 rings (SSSR count). The Bertz CT molecular complexity index is 102. The summed E-state index contributed by atoms with van der Waals surface area (Å²) in [6, 6.07) is 0. The molecule has 2 nitrogen and oxygen atoms in total. The molecule has 0 aromatic carbocycles. The van der Waals surface area contributed by atoms with Gasteiger partial charge in [0.2, 0.25) is 0 Å². The van der Waals surface area contributed by atoms with E-state index in [0.29, 0.717) is 6.42 Å². The largest absolute Gasteiger partial charge is 0.319 e. The highest BCUT2D eigenvalue weighted by Gasteiger charge is 2.19. The van der Waals surface area contributed by atoms with E-state index in [2.05, 4.69) is 0 Å². The Kier molecular flexibility index (Phi) is 2.85. The SMILES string of the molecule is CCCC(=O)C(C)(C)N. The van der Waals surface area contributed by atoms with Gasteiger partial charge in [-0.2, -0.15) is 0 Å². The molecule has 0 aromatic heterocycles. The van der Waals surface area contributed by atoms with Gasteiger partial charge in [0.25, 0.3) is 0 Å². The zero-order valence-electron chi connectivity index (χ0n) is 6.40. The number of Topliss-reactive ketones (excluding diaryl/α,β-unsaturated/α-hetero) is 1. The van der Waals surface area contributed by atoms with Crippen molar-refractivity contribution in [1.82, 2.24) is 0 Å². The van der Waals surface area contributed by atoms with Crippen molar-refractivity contribution in [2.75, 3.05) is 0 Å². The topological polar surface area (TPSA) is 43.1 Å². The lowest BCUT2D eigenvalue weighted by Crippen LogP contribution is -2.41. The van der Waals surface area contributed by atoms with Crippen molar-refractivity contribution in [1.29, 1.82) is 0 Å². The van der Waals surface area contributed by atoms with Gasteiger partial charge in [-0.1, -0.05) is 6.92 Å². The Morgan fingerprint density at radius 2 is 2.00 bits per heavy atom. The van der Waals surface area contributed by atoms with Crippen molar-refractivity contribution < 1.29 is 4.79 Å². The summed E-state index contributed by atoms with van der Waals surface area (Å²) in [5, 5.41) is 0. The van der Waals surface area contributed by atoms with Crippen molar-refractivity contribution >= 4 is 5.78 Å². The molecule has 0 radical (unpaired) electrons. The zero-order valence-corrected chi connectivity index (χ0v) is 6.40. The highest BCUT2D eigenvalue weighted by molar-refractivity contribution is 5.87. The lowest BCUT2D eigenvalue weighted by atomic mass is 9.97. The van der Waals surface area contributed by atoms with Crippen molar-refractivity contribution in [3.63, 3.8) is 0 Å². The fraction of sp³-hybridized carbons (Fsp3) is 0.857. The second-order valence-electron chi connectivity index (χ2n) is 2.89. The van der Waals surface area contributed by atoms with Gasteiger partial charge < -0.3 is 5.73 Å². The van der Waals surface area contributed by atoms with Crippen molar-refractivity contribution in [3.05, 3.63) is 0 Å². The Morgan fingerprint density at radius 1 is 1.56 bits per heavy atom. The number of ketones is 1. The van der Waals surface area contributed by atoms with E-state index in [9.17, 15) is 4.79 Å². The van der Waals surface area contributed by atoms with Crippen molar-refractivity contribution in [3.8, 4) is 0 Å². The minimum Gasteiger partial charge on any atom is -0.319 e. The van der Waals surface area contributed by atoms with Crippen molar-refractivity contribution in [2.45, 2.75) is 39.2 Å². The molecule has 0 aliphatic heterocycles. The molecular weight excluding hydrogens is 114 g/mol. The molecule has 54 valence electrons. The summed E-state index contributed by atoms with van der Waals surface area (Å²) in [5.41, 5.74) is 4.89. The van der Waals surface area contributed by atoms with Gasteiger partial charge in [-0.3, -0.25) is 4.79 Å². The van der Waals surface area contributed by atoms with Crippen LogP contribution in [0.25, 0.3) is 0 Å². The number of carbonyl (C=O) groups excluding carboxylic acids is 1. The molecule has 0 spiro atoms. The van der Waals surface area contributed by atoms with Crippen LogP contribution in [0.1, 0.15) is 33.6 Å². The predicted molar refractivity (Wildman–Crippen MR) is 38.2 cm³/mol. The van der Waals surface area contributed by atoms with E-state index >= 15 is 0 Å². The van der Waals surface area contributed by atoms with Gasteiger partial charge in [0.05, 0.1) is 5.54 Å². The molecule has 0 fully saturated rings. The monoisotopic (exact) mass is 129 g/mol. The highest BCUT2D eigenvalue weighted by Crippen LogP contribution is 2.03. The lowest BCUT2D eigenvalue weighted by Gasteiger charge is -2.15. The standard InChI is InChI=1S/C7H15NO/c1-4-5-6(9)7(2,3)8/h4-5,8H2,1-3H3. The second kappa shape index (κ2) is 2.97. The normalized spacial score (nSPS) is 11.6. The predicted octanol–water partition coefficient (Wildman–Crippen LogP) is 1.09. The van der Waals surface area contributed by atoms with Crippen LogP contribution >= 0.6 is 0 Å². The molecule has 0 aliphatic rings. The molecule has 0 amide bonds. The van der Waals surface area contributed by atoms with E-state index in [1.807, 2.05) is 6.92 Å². The third-order valence-corrected chi connectivity index (χ3v) is 1.20. The molecule has 0 bridgehead atoms. The molecule has 0 heterocycles. The number of carbonyl (C=O) groups is 1. The number of hydrogen-bond acceptors (Lipinski definition) is 2. The summed E-state index contributed by atoms with van der Waals surface area (Å²) < 4.78 is 0. The van der Waals surface area contributed by atoms with Crippen LogP contribution in [0.2, 0.25) is 0 Å². The van der Waals surface area contributed by atoms with Gasteiger partial charge >= 0.3 is 0 Å². The highest BCUT2D eigenvalue weighted by atomic mass is 16.1. The van der Waals surface area contributed by atoms with Crippen LogP contribution in [0, 0.1) is 0 Å². The molecular formula is C7H15NO. The summed E-state index contributed by atoms with van der Waals surface area (Å²) in [5.74, 6) is 0.144. The summed E-state index contributed by atoms with van der Waals surface area (Å²) in [6.45, 7) is 5.46. The zero-order chi connectivity index (χ0) is 7.49. The molecule has 0 saturated heterocycles. The number of hydrogen-bond donors (Lipinski definition) is 1. The van der Waals surface area contributed by atoms with Gasteiger partial charge in [0.15, 0.2) is 5.78 Å². The third kappa shape index (κ3) is 3.25. The lowest BCUT2D eigenvalue weighted by molar-refractivity contribution is -0.123. The van der Waals surface area contributed by atoms with Gasteiger partial charge in [0.1, 0.15) is 0 Å². The van der Waals surface area contributed by atoms with Crippen LogP contribution in [0.15, 0.2) is 0 Å². The van der Waals surface area contributed by atoms with E-state index in [0.717, 1.165) is 6.42 Å². The quantitative estimate of drug-likeness (QED) is 0.620. The third-order valence-electron chi connectivity index (χ3n) is 1.20. The Balaban J connectivity index is 3.74. The Labute approximate surface area is 56.4 Å². The molecule has 0 atom stereocenters.